The zero-order valence-electron chi connectivity index (χ0n) is 18.1. The van der Waals surface area contributed by atoms with E-state index in [1.54, 1.807) is 7.11 Å². The highest BCUT2D eigenvalue weighted by Gasteiger charge is 2.19. The summed E-state index contributed by atoms with van der Waals surface area (Å²) in [6.45, 7) is 9.10. The molecule has 0 radical (unpaired) electrons. The summed E-state index contributed by atoms with van der Waals surface area (Å²) in [5.74, 6) is 0.749. The maximum atomic E-state index is 12.0. The van der Waals surface area contributed by atoms with Crippen molar-refractivity contribution in [3.63, 3.8) is 0 Å². The number of hydrogen-bond donors (Lipinski definition) is 1. The first kappa shape index (κ1) is 21.3. The number of nitriles is 1. The average Bonchev–Trinajstić information content (AvgIpc) is 3.04. The van der Waals surface area contributed by atoms with Gasteiger partial charge >= 0.3 is 6.09 Å². The van der Waals surface area contributed by atoms with Crippen LogP contribution in [0.25, 0.3) is 22.2 Å². The molecule has 0 aliphatic heterocycles. The second kappa shape index (κ2) is 8.50. The Morgan fingerprint density at radius 1 is 1.17 bits per heavy atom. The Morgan fingerprint density at radius 3 is 2.43 bits per heavy atom. The van der Waals surface area contributed by atoms with Crippen LogP contribution in [0.1, 0.15) is 33.3 Å². The predicted molar refractivity (Wildman–Crippen MR) is 119 cm³/mol. The van der Waals surface area contributed by atoms with Gasteiger partial charge in [0.25, 0.3) is 0 Å². The number of rotatable bonds is 5. The van der Waals surface area contributed by atoms with E-state index in [-0.39, 0.29) is 5.41 Å². The maximum Gasteiger partial charge on any atom is 0.411 e. The monoisotopic (exact) mass is 405 g/mol. The third-order valence-corrected chi connectivity index (χ3v) is 4.74. The van der Waals surface area contributed by atoms with Gasteiger partial charge in [0.15, 0.2) is 0 Å². The summed E-state index contributed by atoms with van der Waals surface area (Å²) in [5.41, 5.74) is 3.88. The molecule has 0 aliphatic rings. The van der Waals surface area contributed by atoms with Gasteiger partial charge in [0.2, 0.25) is 0 Å². The van der Waals surface area contributed by atoms with E-state index in [1.165, 1.54) is 0 Å². The molecule has 1 aromatic heterocycles. The van der Waals surface area contributed by atoms with Crippen molar-refractivity contribution in [2.45, 2.75) is 34.2 Å². The number of carbonyl (C=O) groups is 1. The van der Waals surface area contributed by atoms with Crippen LogP contribution < -0.4 is 10.1 Å². The minimum Gasteiger partial charge on any atom is -0.497 e. The summed E-state index contributed by atoms with van der Waals surface area (Å²) in [7, 11) is 1.63. The van der Waals surface area contributed by atoms with Crippen LogP contribution in [0.15, 0.2) is 42.5 Å². The normalized spacial score (nSPS) is 11.2. The molecule has 0 atom stereocenters. The molecule has 3 rings (SSSR count). The van der Waals surface area contributed by atoms with E-state index in [4.69, 9.17) is 9.47 Å². The molecule has 156 valence electrons. The number of nitrogens with one attached hydrogen (secondary N) is 1. The van der Waals surface area contributed by atoms with E-state index in [9.17, 15) is 10.1 Å². The van der Waals surface area contributed by atoms with E-state index in [0.717, 1.165) is 27.9 Å². The van der Waals surface area contributed by atoms with E-state index in [2.05, 4.69) is 16.0 Å². The highest BCUT2D eigenvalue weighted by molar-refractivity contribution is 5.95. The van der Waals surface area contributed by atoms with Crippen molar-refractivity contribution in [2.75, 3.05) is 19.0 Å². The standard InChI is InChI=1S/C24H27N3O3/c1-6-27-21-13-18(29-5)11-12-19(21)20(14-25)22(27)16-7-9-17(10-8-16)26-23(28)30-15-24(2,3)4/h7-13H,6,15H2,1-5H3,(H,26,28). The molecule has 0 fully saturated rings. The van der Waals surface area contributed by atoms with Gasteiger partial charge in [0.05, 0.1) is 30.5 Å². The van der Waals surface area contributed by atoms with Crippen molar-refractivity contribution in [1.29, 1.82) is 5.26 Å². The Bertz CT molecular complexity index is 1100. The SMILES string of the molecule is CCn1c(-c2ccc(NC(=O)OCC(C)(C)C)cc2)c(C#N)c2ccc(OC)cc21. The third-order valence-electron chi connectivity index (χ3n) is 4.74. The van der Waals surface area contributed by atoms with Gasteiger partial charge in [-0.1, -0.05) is 32.9 Å². The summed E-state index contributed by atoms with van der Waals surface area (Å²) >= 11 is 0. The minimum absolute atomic E-state index is 0.0921. The first-order chi connectivity index (χ1) is 14.3. The van der Waals surface area contributed by atoms with Crippen LogP contribution in [0.5, 0.6) is 5.75 Å². The van der Waals surface area contributed by atoms with Gasteiger partial charge in [-0.15, -0.1) is 0 Å². The fourth-order valence-corrected chi connectivity index (χ4v) is 3.35. The van der Waals surface area contributed by atoms with Gasteiger partial charge < -0.3 is 14.0 Å². The molecule has 1 N–H and O–H groups in total. The zero-order valence-corrected chi connectivity index (χ0v) is 18.1. The van der Waals surface area contributed by atoms with Crippen LogP contribution in [-0.2, 0) is 11.3 Å². The Labute approximate surface area is 177 Å². The largest absolute Gasteiger partial charge is 0.497 e. The topological polar surface area (TPSA) is 76.3 Å². The van der Waals surface area contributed by atoms with Crippen molar-refractivity contribution >= 4 is 22.7 Å². The molecule has 1 amide bonds. The van der Waals surface area contributed by atoms with Crippen molar-refractivity contribution in [3.8, 4) is 23.1 Å². The molecular formula is C24H27N3O3. The molecule has 6 heteroatoms. The molecule has 0 saturated heterocycles. The zero-order chi connectivity index (χ0) is 21.9. The molecule has 6 nitrogen and oxygen atoms in total. The molecule has 0 unspecified atom stereocenters. The first-order valence-corrected chi connectivity index (χ1v) is 9.92. The second-order valence-electron chi connectivity index (χ2n) is 8.30. The average molecular weight is 405 g/mol. The maximum absolute atomic E-state index is 12.0. The van der Waals surface area contributed by atoms with Crippen molar-refractivity contribution in [3.05, 3.63) is 48.0 Å². The van der Waals surface area contributed by atoms with Crippen molar-refractivity contribution in [1.82, 2.24) is 4.57 Å². The van der Waals surface area contributed by atoms with Gasteiger partial charge in [-0.25, -0.2) is 4.79 Å². The van der Waals surface area contributed by atoms with Crippen LogP contribution in [0, 0.1) is 16.7 Å². The number of nitrogens with zero attached hydrogens (tertiary/aromatic N) is 2. The lowest BCUT2D eigenvalue weighted by molar-refractivity contribution is 0.118. The van der Waals surface area contributed by atoms with Crippen LogP contribution in [0.4, 0.5) is 10.5 Å². The smallest absolute Gasteiger partial charge is 0.411 e. The summed E-state index contributed by atoms with van der Waals surface area (Å²) in [4.78, 5) is 12.0. The number of hydrogen-bond acceptors (Lipinski definition) is 4. The number of fused-ring (bicyclic) bond motifs is 1. The summed E-state index contributed by atoms with van der Waals surface area (Å²) in [6.07, 6.45) is -0.481. The number of anilines is 1. The van der Waals surface area contributed by atoms with E-state index < -0.39 is 6.09 Å². The summed E-state index contributed by atoms with van der Waals surface area (Å²) < 4.78 is 12.7. The second-order valence-corrected chi connectivity index (χ2v) is 8.30. The quantitative estimate of drug-likeness (QED) is 0.582. The highest BCUT2D eigenvalue weighted by atomic mass is 16.5. The van der Waals surface area contributed by atoms with Gasteiger partial charge in [0.1, 0.15) is 11.8 Å². The number of methoxy groups -OCH3 is 1. The van der Waals surface area contributed by atoms with Crippen molar-refractivity contribution < 1.29 is 14.3 Å². The Balaban J connectivity index is 1.93. The fraction of sp³-hybridized carbons (Fsp3) is 0.333. The Morgan fingerprint density at radius 2 is 1.87 bits per heavy atom. The molecule has 0 spiro atoms. The van der Waals surface area contributed by atoms with Gasteiger partial charge in [0, 0.05) is 23.7 Å². The van der Waals surface area contributed by atoms with Gasteiger partial charge in [-0.3, -0.25) is 5.32 Å². The summed E-state index contributed by atoms with van der Waals surface area (Å²) in [5, 5.41) is 13.5. The highest BCUT2D eigenvalue weighted by Crippen LogP contribution is 2.35. The molecular weight excluding hydrogens is 378 g/mol. The Kier molecular flexibility index (Phi) is 6.02. The number of benzene rings is 2. The van der Waals surface area contributed by atoms with E-state index in [0.29, 0.717) is 24.4 Å². The first-order valence-electron chi connectivity index (χ1n) is 9.92. The molecule has 2 aromatic carbocycles. The van der Waals surface area contributed by atoms with E-state index >= 15 is 0 Å². The number of amides is 1. The Hall–Kier alpha value is -3.46. The molecule has 0 bridgehead atoms. The van der Waals surface area contributed by atoms with Crippen LogP contribution in [0.2, 0.25) is 0 Å². The third kappa shape index (κ3) is 4.41. The van der Waals surface area contributed by atoms with E-state index in [1.807, 2.05) is 70.2 Å². The number of carbonyl (C=O) groups excluding carboxylic acids is 1. The van der Waals surface area contributed by atoms with Crippen LogP contribution in [0.3, 0.4) is 0 Å². The lowest BCUT2D eigenvalue weighted by atomic mass is 9.99. The molecule has 3 aromatic rings. The number of ether oxygens (including phenoxy) is 2. The lowest BCUT2D eigenvalue weighted by Crippen LogP contribution is -2.21. The summed E-state index contributed by atoms with van der Waals surface area (Å²) in [6, 6.07) is 15.5. The van der Waals surface area contributed by atoms with Gasteiger partial charge in [-0.2, -0.15) is 5.26 Å². The molecule has 1 heterocycles. The molecule has 30 heavy (non-hydrogen) atoms. The van der Waals surface area contributed by atoms with Gasteiger partial charge in [-0.05, 0) is 42.2 Å². The minimum atomic E-state index is -0.481. The van der Waals surface area contributed by atoms with Crippen molar-refractivity contribution in [2.24, 2.45) is 5.41 Å². The molecule has 0 saturated carbocycles. The predicted octanol–water partition coefficient (Wildman–Crippen LogP) is 5.80. The number of aromatic nitrogens is 1. The van der Waals surface area contributed by atoms with Crippen LogP contribution in [-0.4, -0.2) is 24.4 Å². The fourth-order valence-electron chi connectivity index (χ4n) is 3.35. The lowest BCUT2D eigenvalue weighted by Gasteiger charge is -2.18. The molecule has 0 aliphatic carbocycles. The van der Waals surface area contributed by atoms with Crippen LogP contribution >= 0.6 is 0 Å². The number of aryl methyl sites for hydroxylation is 1.